The minimum Gasteiger partial charge on any atom is -0.507 e. The maximum atomic E-state index is 13.6. The Morgan fingerprint density at radius 2 is 1.84 bits per heavy atom. The minimum absolute atomic E-state index is 0.0232. The van der Waals surface area contributed by atoms with Crippen LogP contribution in [0.15, 0.2) is 30.4 Å². The van der Waals surface area contributed by atoms with Crippen LogP contribution in [0.1, 0.15) is 75.3 Å². The summed E-state index contributed by atoms with van der Waals surface area (Å²) < 4.78 is 17.2. The van der Waals surface area contributed by atoms with E-state index >= 15 is 0 Å². The molecule has 1 saturated heterocycles. The summed E-state index contributed by atoms with van der Waals surface area (Å²) in [5, 5.41) is 43.6. The van der Waals surface area contributed by atoms with Crippen LogP contribution < -0.4 is 4.74 Å². The number of benzene rings is 2. The molecule has 1 aliphatic heterocycles. The molecule has 0 amide bonds. The highest BCUT2D eigenvalue weighted by atomic mass is 16.7. The molecule has 0 radical (unpaired) electrons. The molecule has 2 aliphatic carbocycles. The van der Waals surface area contributed by atoms with Crippen LogP contribution in [0, 0.1) is 0 Å². The summed E-state index contributed by atoms with van der Waals surface area (Å²) in [7, 11) is 1.34. The molecule has 0 aromatic heterocycles. The average molecular weight is 525 g/mol. The molecule has 0 bridgehead atoms. The van der Waals surface area contributed by atoms with E-state index in [1.54, 1.807) is 0 Å². The second-order valence-electron chi connectivity index (χ2n) is 10.0. The largest absolute Gasteiger partial charge is 0.507 e. The van der Waals surface area contributed by atoms with Gasteiger partial charge >= 0.3 is 0 Å². The third-order valence-electron chi connectivity index (χ3n) is 7.47. The third kappa shape index (κ3) is 3.92. The molecule has 4 atom stereocenters. The molecule has 10 heteroatoms. The SMILES string of the molecule is C=C1C[C@H](O[C@H]2C[C@](O)(C(=O)CO)Cc3c(O)c4c(c(O)c32)C(=O)c2c(OC)cccc2C4=O)O[C@@H](C)C1. The fourth-order valence-corrected chi connectivity index (χ4v) is 5.74. The molecular weight excluding hydrogens is 496 g/mol. The molecule has 0 spiro atoms. The van der Waals surface area contributed by atoms with Gasteiger partial charge in [-0.1, -0.05) is 24.3 Å². The number of aliphatic hydroxyl groups excluding tert-OH is 1. The van der Waals surface area contributed by atoms with Crippen molar-refractivity contribution in [1.82, 2.24) is 0 Å². The highest BCUT2D eigenvalue weighted by Gasteiger charge is 2.49. The van der Waals surface area contributed by atoms with Crippen molar-refractivity contribution in [3.63, 3.8) is 0 Å². The number of aromatic hydroxyl groups is 2. The van der Waals surface area contributed by atoms with Crippen LogP contribution in [0.2, 0.25) is 0 Å². The molecule has 1 fully saturated rings. The van der Waals surface area contributed by atoms with Gasteiger partial charge in [0.2, 0.25) is 5.78 Å². The number of aliphatic hydroxyl groups is 2. The van der Waals surface area contributed by atoms with E-state index in [0.717, 1.165) is 5.57 Å². The molecule has 0 unspecified atom stereocenters. The Balaban J connectivity index is 1.71. The lowest BCUT2D eigenvalue weighted by Gasteiger charge is -2.40. The van der Waals surface area contributed by atoms with Crippen LogP contribution in [0.4, 0.5) is 0 Å². The van der Waals surface area contributed by atoms with Crippen LogP contribution in [0.5, 0.6) is 17.2 Å². The van der Waals surface area contributed by atoms with Gasteiger partial charge in [-0.15, -0.1) is 0 Å². The number of methoxy groups -OCH3 is 1. The fourth-order valence-electron chi connectivity index (χ4n) is 5.74. The Hall–Kier alpha value is -3.57. The van der Waals surface area contributed by atoms with Gasteiger partial charge in [-0.25, -0.2) is 0 Å². The van der Waals surface area contributed by atoms with Gasteiger partial charge in [-0.2, -0.15) is 0 Å². The summed E-state index contributed by atoms with van der Waals surface area (Å²) >= 11 is 0. The summed E-state index contributed by atoms with van der Waals surface area (Å²) in [6.07, 6.45) is -2.31. The molecule has 38 heavy (non-hydrogen) atoms. The monoisotopic (exact) mass is 524 g/mol. The lowest BCUT2D eigenvalue weighted by Crippen LogP contribution is -2.48. The first-order valence-corrected chi connectivity index (χ1v) is 12.2. The molecule has 2 aromatic carbocycles. The number of phenolic OH excluding ortho intramolecular Hbond substituents is 2. The number of Topliss-reactive ketones (excluding diaryl/α,β-unsaturated/α-hetero) is 1. The number of ether oxygens (including phenoxy) is 3. The summed E-state index contributed by atoms with van der Waals surface area (Å²) in [6, 6.07) is 4.43. The Morgan fingerprint density at radius 1 is 1.13 bits per heavy atom. The number of hydrogen-bond acceptors (Lipinski definition) is 10. The topological polar surface area (TPSA) is 160 Å². The zero-order valence-electron chi connectivity index (χ0n) is 20.9. The highest BCUT2D eigenvalue weighted by Crippen LogP contribution is 2.52. The van der Waals surface area contributed by atoms with Crippen molar-refractivity contribution >= 4 is 17.3 Å². The number of carbonyl (C=O) groups is 3. The van der Waals surface area contributed by atoms with Gasteiger partial charge in [0.05, 0.1) is 36.0 Å². The Kier molecular flexibility index (Phi) is 6.39. The van der Waals surface area contributed by atoms with Gasteiger partial charge in [-0.05, 0) is 19.4 Å². The quantitative estimate of drug-likeness (QED) is 0.288. The van der Waals surface area contributed by atoms with E-state index in [-0.39, 0.29) is 34.1 Å². The first-order chi connectivity index (χ1) is 18.0. The van der Waals surface area contributed by atoms with Crippen molar-refractivity contribution in [2.24, 2.45) is 0 Å². The fraction of sp³-hybridized carbons (Fsp3) is 0.393. The molecule has 200 valence electrons. The maximum absolute atomic E-state index is 13.6. The van der Waals surface area contributed by atoms with Gasteiger partial charge in [0.15, 0.2) is 17.9 Å². The standard InChI is InChI=1S/C28H28O10/c1-12-7-13(2)37-19(8-12)38-17-10-28(35,18(30)11-29)9-15-21(17)27(34)23-22(25(15)32)24(31)14-5-4-6-16(36-3)20(14)26(23)33/h4-6,13,17,19,29,32,34-35H,1,7-11H2,2-3H3/t13-,17-,19-,28-/m0/s1. The summed E-state index contributed by atoms with van der Waals surface area (Å²) in [5.74, 6) is -3.52. The van der Waals surface area contributed by atoms with E-state index in [0.29, 0.717) is 12.8 Å². The average Bonchev–Trinajstić information content (AvgIpc) is 2.87. The molecule has 1 heterocycles. The Morgan fingerprint density at radius 3 is 2.50 bits per heavy atom. The molecule has 10 nitrogen and oxygen atoms in total. The maximum Gasteiger partial charge on any atom is 0.202 e. The van der Waals surface area contributed by atoms with E-state index in [9.17, 15) is 34.8 Å². The van der Waals surface area contributed by atoms with Crippen LogP contribution >= 0.6 is 0 Å². The molecule has 5 rings (SSSR count). The van der Waals surface area contributed by atoms with Crippen LogP contribution in [-0.4, -0.2) is 69.5 Å². The van der Waals surface area contributed by atoms with E-state index < -0.39 is 77.4 Å². The molecule has 4 N–H and O–H groups in total. The summed E-state index contributed by atoms with van der Waals surface area (Å²) in [4.78, 5) is 39.7. The summed E-state index contributed by atoms with van der Waals surface area (Å²) in [6.45, 7) is 4.84. The van der Waals surface area contributed by atoms with E-state index in [2.05, 4.69) is 6.58 Å². The zero-order valence-corrected chi connectivity index (χ0v) is 20.9. The molecular formula is C28H28O10. The number of hydrogen-bond donors (Lipinski definition) is 4. The normalized spacial score (nSPS) is 26.4. The number of carbonyl (C=O) groups excluding carboxylic acids is 3. The van der Waals surface area contributed by atoms with Gasteiger partial charge in [0, 0.05) is 36.0 Å². The first-order valence-electron chi connectivity index (χ1n) is 12.2. The van der Waals surface area contributed by atoms with Crippen molar-refractivity contribution in [2.45, 2.75) is 56.7 Å². The van der Waals surface area contributed by atoms with E-state index in [1.165, 1.54) is 25.3 Å². The van der Waals surface area contributed by atoms with Gasteiger partial charge in [0.1, 0.15) is 29.5 Å². The lowest BCUT2D eigenvalue weighted by molar-refractivity contribution is -0.214. The first kappa shape index (κ1) is 26.1. The van der Waals surface area contributed by atoms with Crippen LogP contribution in [0.25, 0.3) is 0 Å². The molecule has 0 saturated carbocycles. The highest BCUT2D eigenvalue weighted by molar-refractivity contribution is 6.31. The van der Waals surface area contributed by atoms with E-state index in [4.69, 9.17) is 14.2 Å². The number of fused-ring (bicyclic) bond motifs is 3. The van der Waals surface area contributed by atoms with Gasteiger partial charge in [0.25, 0.3) is 0 Å². The van der Waals surface area contributed by atoms with Crippen LogP contribution in [0.3, 0.4) is 0 Å². The van der Waals surface area contributed by atoms with Crippen molar-refractivity contribution < 1.29 is 49.0 Å². The number of rotatable bonds is 5. The van der Waals surface area contributed by atoms with Crippen molar-refractivity contribution in [3.05, 3.63) is 63.7 Å². The zero-order chi connectivity index (χ0) is 27.5. The molecule has 3 aliphatic rings. The molecule has 2 aromatic rings. The Labute approximate surface area is 218 Å². The second-order valence-corrected chi connectivity index (χ2v) is 10.0. The predicted molar refractivity (Wildman–Crippen MR) is 132 cm³/mol. The number of ketones is 3. The smallest absolute Gasteiger partial charge is 0.202 e. The number of phenols is 2. The third-order valence-corrected chi connectivity index (χ3v) is 7.47. The van der Waals surface area contributed by atoms with Crippen molar-refractivity contribution in [3.8, 4) is 17.2 Å². The Bertz CT molecular complexity index is 1390. The minimum atomic E-state index is -2.18. The van der Waals surface area contributed by atoms with E-state index in [1.807, 2.05) is 6.92 Å². The lowest BCUT2D eigenvalue weighted by atomic mass is 9.72. The van der Waals surface area contributed by atoms with Gasteiger partial charge in [-0.3, -0.25) is 14.4 Å². The second kappa shape index (κ2) is 9.32. The van der Waals surface area contributed by atoms with Gasteiger partial charge < -0.3 is 34.6 Å². The summed E-state index contributed by atoms with van der Waals surface area (Å²) in [5.41, 5.74) is -2.42. The predicted octanol–water partition coefficient (Wildman–Crippen LogP) is 2.26. The van der Waals surface area contributed by atoms with Crippen molar-refractivity contribution in [2.75, 3.05) is 13.7 Å². The van der Waals surface area contributed by atoms with Crippen molar-refractivity contribution in [1.29, 1.82) is 0 Å². The van der Waals surface area contributed by atoms with Crippen LogP contribution in [-0.2, 0) is 20.7 Å².